The second kappa shape index (κ2) is 8.58. The number of ketones is 1. The van der Waals surface area contributed by atoms with Crippen molar-refractivity contribution >= 4 is 11.8 Å². The van der Waals surface area contributed by atoms with Crippen molar-refractivity contribution in [1.29, 1.82) is 0 Å². The van der Waals surface area contributed by atoms with Gasteiger partial charge in [-0.25, -0.2) is 0 Å². The molecule has 5 aliphatic rings. The molecule has 3 nitrogen and oxygen atoms in total. The number of carbonyl (C=O) groups is 2. The number of hydrogen-bond acceptors (Lipinski definition) is 3. The molecule has 178 valence electrons. The van der Waals surface area contributed by atoms with Gasteiger partial charge in [0.05, 0.1) is 0 Å². The molecule has 0 bridgehead atoms. The number of allylic oxidation sites excluding steroid dienone is 1. The molecule has 0 aromatic carbocycles. The van der Waals surface area contributed by atoms with Crippen molar-refractivity contribution in [3.05, 3.63) is 11.6 Å². The summed E-state index contributed by atoms with van der Waals surface area (Å²) in [6.07, 6.45) is 18.1. The van der Waals surface area contributed by atoms with Gasteiger partial charge in [0.15, 0.2) is 5.78 Å². The maximum atomic E-state index is 13.0. The highest BCUT2D eigenvalue weighted by Crippen LogP contribution is 2.65. The Morgan fingerprint density at radius 3 is 2.56 bits per heavy atom. The van der Waals surface area contributed by atoms with E-state index in [0.29, 0.717) is 35.9 Å². The molecule has 0 aromatic heterocycles. The largest absolute Gasteiger partial charge is 0.462 e. The minimum Gasteiger partial charge on any atom is -0.462 e. The van der Waals surface area contributed by atoms with Gasteiger partial charge >= 0.3 is 5.97 Å². The summed E-state index contributed by atoms with van der Waals surface area (Å²) in [5.74, 6) is 3.68. The molecule has 0 saturated heterocycles. The van der Waals surface area contributed by atoms with E-state index in [1.165, 1.54) is 63.4 Å². The third-order valence-electron chi connectivity index (χ3n) is 11.1. The zero-order valence-corrected chi connectivity index (χ0v) is 20.7. The molecule has 3 heteroatoms. The Kier molecular flexibility index (Phi) is 6.08. The zero-order chi connectivity index (χ0) is 22.5. The minimum atomic E-state index is 0.0590. The van der Waals surface area contributed by atoms with Gasteiger partial charge in [0, 0.05) is 18.3 Å². The Morgan fingerprint density at radius 2 is 1.78 bits per heavy atom. The van der Waals surface area contributed by atoms with Crippen LogP contribution in [0.15, 0.2) is 11.6 Å². The summed E-state index contributed by atoms with van der Waals surface area (Å²) in [5.41, 5.74) is 1.81. The molecule has 5 rings (SSSR count). The normalized spacial score (nSPS) is 43.0. The van der Waals surface area contributed by atoms with Crippen LogP contribution in [0, 0.1) is 40.4 Å². The molecule has 1 unspecified atom stereocenters. The van der Waals surface area contributed by atoms with Crippen molar-refractivity contribution in [2.75, 3.05) is 0 Å². The highest BCUT2D eigenvalue weighted by Gasteiger charge is 2.60. The third kappa shape index (κ3) is 3.80. The molecular formula is C29H44O3. The second-order valence-electron chi connectivity index (χ2n) is 12.6. The highest BCUT2D eigenvalue weighted by atomic mass is 16.5. The lowest BCUT2D eigenvalue weighted by Gasteiger charge is -2.57. The minimum absolute atomic E-state index is 0.0590. The van der Waals surface area contributed by atoms with Crippen molar-refractivity contribution in [3.8, 4) is 0 Å². The van der Waals surface area contributed by atoms with Crippen LogP contribution in [0.25, 0.3) is 0 Å². The van der Waals surface area contributed by atoms with E-state index >= 15 is 0 Å². The number of fused-ring (bicyclic) bond motifs is 5. The molecule has 0 radical (unpaired) electrons. The van der Waals surface area contributed by atoms with Gasteiger partial charge in [0.1, 0.15) is 6.10 Å². The van der Waals surface area contributed by atoms with Crippen LogP contribution in [-0.2, 0) is 14.3 Å². The van der Waals surface area contributed by atoms with Gasteiger partial charge in [-0.05, 0) is 86.0 Å². The predicted octanol–water partition coefficient (Wildman–Crippen LogP) is 7.04. The van der Waals surface area contributed by atoms with Gasteiger partial charge < -0.3 is 4.74 Å². The summed E-state index contributed by atoms with van der Waals surface area (Å²) in [6, 6.07) is 0. The van der Waals surface area contributed by atoms with Crippen LogP contribution in [0.3, 0.4) is 0 Å². The Bertz CT molecular complexity index is 777. The van der Waals surface area contributed by atoms with E-state index in [-0.39, 0.29) is 22.9 Å². The van der Waals surface area contributed by atoms with E-state index in [2.05, 4.69) is 20.8 Å². The summed E-state index contributed by atoms with van der Waals surface area (Å²) < 4.78 is 6.28. The number of hydrogen-bond donors (Lipinski definition) is 0. The molecule has 0 heterocycles. The number of esters is 1. The van der Waals surface area contributed by atoms with Gasteiger partial charge in [0.2, 0.25) is 0 Å². The van der Waals surface area contributed by atoms with Gasteiger partial charge in [-0.3, -0.25) is 9.59 Å². The average Bonchev–Trinajstić information content (AvgIpc) is 3.11. The topological polar surface area (TPSA) is 43.4 Å². The predicted molar refractivity (Wildman–Crippen MR) is 127 cm³/mol. The van der Waals surface area contributed by atoms with Crippen LogP contribution in [0.5, 0.6) is 0 Å². The summed E-state index contributed by atoms with van der Waals surface area (Å²) in [4.78, 5) is 25.0. The molecule has 0 aromatic rings. The van der Waals surface area contributed by atoms with Crippen molar-refractivity contribution in [3.63, 3.8) is 0 Å². The molecule has 0 spiro atoms. The van der Waals surface area contributed by atoms with Crippen molar-refractivity contribution in [2.24, 2.45) is 40.4 Å². The maximum Gasteiger partial charge on any atom is 0.306 e. The van der Waals surface area contributed by atoms with Gasteiger partial charge in [-0.1, -0.05) is 58.4 Å². The average molecular weight is 441 g/mol. The Morgan fingerprint density at radius 1 is 1.00 bits per heavy atom. The van der Waals surface area contributed by atoms with Crippen LogP contribution < -0.4 is 0 Å². The monoisotopic (exact) mass is 440 g/mol. The van der Waals surface area contributed by atoms with Crippen molar-refractivity contribution in [1.82, 2.24) is 0 Å². The van der Waals surface area contributed by atoms with Crippen LogP contribution >= 0.6 is 0 Å². The lowest BCUT2D eigenvalue weighted by atomic mass is 9.47. The van der Waals surface area contributed by atoms with E-state index in [0.717, 1.165) is 31.6 Å². The first-order valence-electron chi connectivity index (χ1n) is 13.7. The van der Waals surface area contributed by atoms with Crippen LogP contribution in [0.4, 0.5) is 0 Å². The van der Waals surface area contributed by atoms with Crippen LogP contribution in [0.1, 0.15) is 111 Å². The Labute approximate surface area is 195 Å². The van der Waals surface area contributed by atoms with Gasteiger partial charge in [-0.15, -0.1) is 0 Å². The molecule has 5 aliphatic carbocycles. The third-order valence-corrected chi connectivity index (χ3v) is 11.1. The first-order chi connectivity index (χ1) is 15.3. The Balaban J connectivity index is 1.24. The fraction of sp³-hybridized carbons (Fsp3) is 0.862. The number of ether oxygens (including phenoxy) is 1. The smallest absolute Gasteiger partial charge is 0.306 e. The standard InChI is InChI=1S/C29H44O3/c1-19(20-7-5-4-6-8-20)17-27(31)32-26-12-11-24-23-10-9-21-18-22(30)13-15-28(21,2)25(23)14-16-29(24,26)3/h18-20,23-26H,4-17H2,1-3H3/t19?,23-,24-,25-,26-,28-,29-/m0/s1. The lowest BCUT2D eigenvalue weighted by Crippen LogP contribution is -2.51. The molecule has 0 amide bonds. The maximum absolute atomic E-state index is 13.0. The molecule has 0 N–H and O–H groups in total. The summed E-state index contributed by atoms with van der Waals surface area (Å²) in [6.45, 7) is 7.15. The second-order valence-corrected chi connectivity index (χ2v) is 12.6. The fourth-order valence-electron chi connectivity index (χ4n) is 9.04. The van der Waals surface area contributed by atoms with Gasteiger partial charge in [0.25, 0.3) is 0 Å². The van der Waals surface area contributed by atoms with Crippen LogP contribution in [0.2, 0.25) is 0 Å². The summed E-state index contributed by atoms with van der Waals surface area (Å²) >= 11 is 0. The van der Waals surface area contributed by atoms with E-state index in [1.54, 1.807) is 0 Å². The summed E-state index contributed by atoms with van der Waals surface area (Å²) in [7, 11) is 0. The molecule has 4 fully saturated rings. The molecular weight excluding hydrogens is 396 g/mol. The molecule has 0 aliphatic heterocycles. The molecule has 32 heavy (non-hydrogen) atoms. The van der Waals surface area contributed by atoms with E-state index in [9.17, 15) is 9.59 Å². The van der Waals surface area contributed by atoms with Crippen molar-refractivity contribution in [2.45, 2.75) is 117 Å². The Hall–Kier alpha value is -1.12. The first-order valence-corrected chi connectivity index (χ1v) is 13.7. The van der Waals surface area contributed by atoms with Gasteiger partial charge in [-0.2, -0.15) is 0 Å². The summed E-state index contributed by atoms with van der Waals surface area (Å²) in [5, 5.41) is 0. The van der Waals surface area contributed by atoms with E-state index in [4.69, 9.17) is 4.74 Å². The SMILES string of the molecule is CC(CC(=O)O[C@H]1CC[C@H]2[C@@H]3CCC4=CC(=O)CC[C@]4(C)[C@H]3CC[C@]12C)C1CCCCC1. The lowest BCUT2D eigenvalue weighted by molar-refractivity contribution is -0.161. The van der Waals surface area contributed by atoms with Crippen molar-refractivity contribution < 1.29 is 14.3 Å². The fourth-order valence-corrected chi connectivity index (χ4v) is 9.04. The zero-order valence-electron chi connectivity index (χ0n) is 20.7. The quantitative estimate of drug-likeness (QED) is 0.440. The molecule has 4 saturated carbocycles. The highest BCUT2D eigenvalue weighted by molar-refractivity contribution is 5.91. The molecule has 7 atom stereocenters. The van der Waals surface area contributed by atoms with Crippen LogP contribution in [-0.4, -0.2) is 17.9 Å². The van der Waals surface area contributed by atoms with E-state index < -0.39 is 0 Å². The number of rotatable bonds is 4. The van der Waals surface area contributed by atoms with E-state index in [1.807, 2.05) is 6.08 Å². The first kappa shape index (κ1) is 22.7. The number of carbonyl (C=O) groups excluding carboxylic acids is 2.